The van der Waals surface area contributed by atoms with Crippen molar-refractivity contribution in [1.82, 2.24) is 9.97 Å². The van der Waals surface area contributed by atoms with Gasteiger partial charge in [-0.1, -0.05) is 12.1 Å². The van der Waals surface area contributed by atoms with Crippen LogP contribution in [0.3, 0.4) is 0 Å². The molecule has 3 aromatic rings. The van der Waals surface area contributed by atoms with Crippen LogP contribution in [0.1, 0.15) is 5.56 Å². The van der Waals surface area contributed by atoms with Crippen LogP contribution in [0.25, 0.3) is 20.8 Å². The number of rotatable bonds is 1. The van der Waals surface area contributed by atoms with Crippen LogP contribution in [0.2, 0.25) is 0 Å². The molecule has 0 fully saturated rings. The smallest absolute Gasteiger partial charge is 0.125 e. The molecule has 0 atom stereocenters. The van der Waals surface area contributed by atoms with Gasteiger partial charge in [0, 0.05) is 17.3 Å². The van der Waals surface area contributed by atoms with Crippen LogP contribution in [-0.2, 0) is 0 Å². The lowest BCUT2D eigenvalue weighted by Crippen LogP contribution is -1.82. The minimum absolute atomic E-state index is 0.305. The molecule has 2 aromatic heterocycles. The molecule has 1 aromatic carbocycles. The minimum atomic E-state index is 0.305. The summed E-state index contributed by atoms with van der Waals surface area (Å²) in [6.45, 7) is 1.90. The fourth-order valence-corrected chi connectivity index (χ4v) is 2.77. The second-order valence-corrected chi connectivity index (χ2v) is 4.84. The molecule has 0 aliphatic rings. The Labute approximate surface area is 102 Å². The number of benzene rings is 1. The van der Waals surface area contributed by atoms with Crippen molar-refractivity contribution in [2.45, 2.75) is 6.92 Å². The summed E-state index contributed by atoms with van der Waals surface area (Å²) in [4.78, 5) is 8.58. The van der Waals surface area contributed by atoms with Crippen LogP contribution in [0, 0.1) is 6.92 Å². The highest BCUT2D eigenvalue weighted by Crippen LogP contribution is 2.34. The second-order valence-electron chi connectivity index (χ2n) is 3.81. The molecule has 2 heterocycles. The maximum Gasteiger partial charge on any atom is 0.125 e. The standard InChI is InChI=1S/C13H10N2OS/c1-8-9(3-2-4-11(8)16)13-15-10-7-14-6-5-12(10)17-13/h2-7,16H,1H3. The van der Waals surface area contributed by atoms with Crippen molar-refractivity contribution in [1.29, 1.82) is 0 Å². The van der Waals surface area contributed by atoms with Gasteiger partial charge in [-0.05, 0) is 19.1 Å². The molecule has 3 rings (SSSR count). The number of aromatic hydroxyl groups is 1. The zero-order valence-electron chi connectivity index (χ0n) is 9.21. The van der Waals surface area contributed by atoms with Crippen LogP contribution in [0.5, 0.6) is 5.75 Å². The fraction of sp³-hybridized carbons (Fsp3) is 0.0769. The normalized spacial score (nSPS) is 10.9. The highest BCUT2D eigenvalue weighted by Gasteiger charge is 2.10. The minimum Gasteiger partial charge on any atom is -0.508 e. The van der Waals surface area contributed by atoms with Gasteiger partial charge in [-0.15, -0.1) is 11.3 Å². The summed E-state index contributed by atoms with van der Waals surface area (Å²) in [5, 5.41) is 10.6. The first-order valence-corrected chi connectivity index (χ1v) is 6.07. The van der Waals surface area contributed by atoms with E-state index in [2.05, 4.69) is 9.97 Å². The predicted molar refractivity (Wildman–Crippen MR) is 69.3 cm³/mol. The highest BCUT2D eigenvalue weighted by atomic mass is 32.1. The van der Waals surface area contributed by atoms with E-state index in [0.717, 1.165) is 26.4 Å². The number of aromatic nitrogens is 2. The summed E-state index contributed by atoms with van der Waals surface area (Å²) in [6, 6.07) is 7.45. The van der Waals surface area contributed by atoms with E-state index in [0.29, 0.717) is 5.75 Å². The van der Waals surface area contributed by atoms with Gasteiger partial charge in [-0.25, -0.2) is 4.98 Å². The van der Waals surface area contributed by atoms with Crippen molar-refractivity contribution in [3.8, 4) is 16.3 Å². The first kappa shape index (κ1) is 10.2. The Morgan fingerprint density at radius 2 is 2.12 bits per heavy atom. The quantitative estimate of drug-likeness (QED) is 0.711. The highest BCUT2D eigenvalue weighted by molar-refractivity contribution is 7.21. The Morgan fingerprint density at radius 1 is 1.24 bits per heavy atom. The van der Waals surface area contributed by atoms with E-state index in [9.17, 15) is 5.11 Å². The third-order valence-corrected chi connectivity index (χ3v) is 3.80. The lowest BCUT2D eigenvalue weighted by atomic mass is 10.1. The van der Waals surface area contributed by atoms with Gasteiger partial charge in [-0.3, -0.25) is 4.98 Å². The van der Waals surface area contributed by atoms with Gasteiger partial charge >= 0.3 is 0 Å². The zero-order valence-corrected chi connectivity index (χ0v) is 10.0. The van der Waals surface area contributed by atoms with Crippen LogP contribution in [0.4, 0.5) is 0 Å². The van der Waals surface area contributed by atoms with E-state index in [4.69, 9.17) is 0 Å². The van der Waals surface area contributed by atoms with Crippen molar-refractivity contribution < 1.29 is 5.11 Å². The third-order valence-electron chi connectivity index (χ3n) is 2.73. The van der Waals surface area contributed by atoms with Crippen LogP contribution < -0.4 is 0 Å². The molecular formula is C13H10N2OS. The maximum absolute atomic E-state index is 9.70. The van der Waals surface area contributed by atoms with Crippen molar-refractivity contribution in [3.05, 3.63) is 42.2 Å². The number of fused-ring (bicyclic) bond motifs is 1. The molecule has 0 saturated carbocycles. The first-order valence-electron chi connectivity index (χ1n) is 5.25. The summed E-state index contributed by atoms with van der Waals surface area (Å²) < 4.78 is 1.11. The van der Waals surface area contributed by atoms with Crippen LogP contribution in [0.15, 0.2) is 36.7 Å². The van der Waals surface area contributed by atoms with E-state index in [1.54, 1.807) is 29.8 Å². The van der Waals surface area contributed by atoms with Crippen molar-refractivity contribution >= 4 is 21.6 Å². The van der Waals surface area contributed by atoms with Gasteiger partial charge in [0.1, 0.15) is 16.3 Å². The SMILES string of the molecule is Cc1c(O)cccc1-c1nc2cnccc2s1. The molecule has 0 bridgehead atoms. The van der Waals surface area contributed by atoms with Crippen molar-refractivity contribution in [2.75, 3.05) is 0 Å². The average molecular weight is 242 g/mol. The van der Waals surface area contributed by atoms with Gasteiger partial charge in [0.2, 0.25) is 0 Å². The first-order chi connectivity index (χ1) is 8.25. The molecular weight excluding hydrogens is 232 g/mol. The van der Waals surface area contributed by atoms with E-state index >= 15 is 0 Å². The Bertz CT molecular complexity index is 658. The predicted octanol–water partition coefficient (Wildman–Crippen LogP) is 3.37. The number of hydrogen-bond donors (Lipinski definition) is 1. The monoisotopic (exact) mass is 242 g/mol. The van der Waals surface area contributed by atoms with E-state index < -0.39 is 0 Å². The molecule has 0 saturated heterocycles. The zero-order chi connectivity index (χ0) is 11.8. The number of phenolic OH excluding ortho intramolecular Hbond substituents is 1. The molecule has 84 valence electrons. The lowest BCUT2D eigenvalue weighted by molar-refractivity contribution is 0.471. The van der Waals surface area contributed by atoms with Gasteiger partial charge in [-0.2, -0.15) is 0 Å². The summed E-state index contributed by atoms with van der Waals surface area (Å²) in [6.07, 6.45) is 3.52. The Morgan fingerprint density at radius 3 is 2.94 bits per heavy atom. The van der Waals surface area contributed by atoms with Gasteiger partial charge < -0.3 is 5.11 Å². The maximum atomic E-state index is 9.70. The second kappa shape index (κ2) is 3.82. The molecule has 0 spiro atoms. The molecule has 0 amide bonds. The number of phenols is 1. The van der Waals surface area contributed by atoms with Gasteiger partial charge in [0.05, 0.1) is 10.9 Å². The molecule has 17 heavy (non-hydrogen) atoms. The molecule has 0 aliphatic carbocycles. The number of pyridine rings is 1. The van der Waals surface area contributed by atoms with Crippen molar-refractivity contribution in [2.24, 2.45) is 0 Å². The summed E-state index contributed by atoms with van der Waals surface area (Å²) in [7, 11) is 0. The summed E-state index contributed by atoms with van der Waals surface area (Å²) in [5.41, 5.74) is 2.74. The Kier molecular flexibility index (Phi) is 2.30. The van der Waals surface area contributed by atoms with Crippen LogP contribution >= 0.6 is 11.3 Å². The fourth-order valence-electron chi connectivity index (χ4n) is 1.75. The van der Waals surface area contributed by atoms with Crippen molar-refractivity contribution in [3.63, 3.8) is 0 Å². The average Bonchev–Trinajstić information content (AvgIpc) is 2.76. The molecule has 3 nitrogen and oxygen atoms in total. The van der Waals surface area contributed by atoms with E-state index in [1.807, 2.05) is 25.1 Å². The molecule has 0 unspecified atom stereocenters. The number of thiazole rings is 1. The number of nitrogens with zero attached hydrogens (tertiary/aromatic N) is 2. The summed E-state index contributed by atoms with van der Waals surface area (Å²) in [5.74, 6) is 0.305. The third kappa shape index (κ3) is 1.66. The van der Waals surface area contributed by atoms with Gasteiger partial charge in [0.15, 0.2) is 0 Å². The molecule has 4 heteroatoms. The lowest BCUT2D eigenvalue weighted by Gasteiger charge is -2.03. The topological polar surface area (TPSA) is 46.0 Å². The Balaban J connectivity index is 2.24. The van der Waals surface area contributed by atoms with E-state index in [-0.39, 0.29) is 0 Å². The molecule has 0 radical (unpaired) electrons. The van der Waals surface area contributed by atoms with Gasteiger partial charge in [0.25, 0.3) is 0 Å². The molecule has 1 N–H and O–H groups in total. The molecule has 0 aliphatic heterocycles. The largest absolute Gasteiger partial charge is 0.508 e. The number of hydrogen-bond acceptors (Lipinski definition) is 4. The Hall–Kier alpha value is -1.94. The van der Waals surface area contributed by atoms with Crippen LogP contribution in [-0.4, -0.2) is 15.1 Å². The van der Waals surface area contributed by atoms with E-state index in [1.165, 1.54) is 0 Å². The summed E-state index contributed by atoms with van der Waals surface area (Å²) >= 11 is 1.61.